The Kier molecular flexibility index (Phi) is 4.38. The van der Waals surface area contributed by atoms with Crippen molar-refractivity contribution in [3.05, 3.63) is 54.8 Å². The van der Waals surface area contributed by atoms with E-state index in [9.17, 15) is 0 Å². The molecule has 0 saturated carbocycles. The summed E-state index contributed by atoms with van der Waals surface area (Å²) in [7, 11) is 0. The number of hydrogen-bond acceptors (Lipinski definition) is 2. The molecule has 2 rings (SSSR count). The first-order valence-electron chi connectivity index (χ1n) is 6.41. The SMILES string of the molecule is Cc1cccc(C(N)c2ccc(C(C)(C)C)s2)c1I. The van der Waals surface area contributed by atoms with Gasteiger partial charge in [-0.25, -0.2) is 0 Å². The molecule has 0 amide bonds. The van der Waals surface area contributed by atoms with Crippen LogP contribution in [0.15, 0.2) is 30.3 Å². The second-order valence-electron chi connectivity index (χ2n) is 5.91. The van der Waals surface area contributed by atoms with Crippen LogP contribution in [0.2, 0.25) is 0 Å². The summed E-state index contributed by atoms with van der Waals surface area (Å²) in [5.41, 5.74) is 9.16. The van der Waals surface area contributed by atoms with E-state index >= 15 is 0 Å². The van der Waals surface area contributed by atoms with Crippen molar-refractivity contribution in [3.63, 3.8) is 0 Å². The van der Waals surface area contributed by atoms with Crippen LogP contribution in [0.1, 0.15) is 47.7 Å². The van der Waals surface area contributed by atoms with E-state index in [2.05, 4.69) is 80.6 Å². The molecule has 1 aromatic carbocycles. The predicted molar refractivity (Wildman–Crippen MR) is 92.9 cm³/mol. The molecule has 2 aromatic rings. The second kappa shape index (κ2) is 5.54. The van der Waals surface area contributed by atoms with Gasteiger partial charge in [0.05, 0.1) is 6.04 Å². The lowest BCUT2D eigenvalue weighted by Crippen LogP contribution is -2.12. The zero-order valence-corrected chi connectivity index (χ0v) is 14.8. The number of halogens is 1. The molecule has 102 valence electrons. The normalized spacial score (nSPS) is 13.6. The van der Waals surface area contributed by atoms with Crippen molar-refractivity contribution in [2.45, 2.75) is 39.2 Å². The van der Waals surface area contributed by atoms with Crippen LogP contribution in [0, 0.1) is 10.5 Å². The molecule has 0 aliphatic carbocycles. The van der Waals surface area contributed by atoms with Crippen molar-refractivity contribution >= 4 is 33.9 Å². The Morgan fingerprint density at radius 2 is 1.84 bits per heavy atom. The third kappa shape index (κ3) is 3.20. The van der Waals surface area contributed by atoms with Crippen LogP contribution in [0.3, 0.4) is 0 Å². The Bertz CT molecular complexity index is 581. The predicted octanol–water partition coefficient (Wildman–Crippen LogP) is 5.01. The Hall–Kier alpha value is -0.390. The summed E-state index contributed by atoms with van der Waals surface area (Å²) < 4.78 is 1.28. The van der Waals surface area contributed by atoms with Crippen LogP contribution < -0.4 is 5.73 Å². The van der Waals surface area contributed by atoms with Crippen molar-refractivity contribution < 1.29 is 0 Å². The second-order valence-corrected chi connectivity index (χ2v) is 8.10. The van der Waals surface area contributed by atoms with Crippen molar-refractivity contribution in [2.75, 3.05) is 0 Å². The lowest BCUT2D eigenvalue weighted by molar-refractivity contribution is 0.604. The van der Waals surface area contributed by atoms with E-state index in [-0.39, 0.29) is 11.5 Å². The molecule has 1 unspecified atom stereocenters. The fourth-order valence-corrected chi connectivity index (χ4v) is 3.77. The molecule has 0 saturated heterocycles. The smallest absolute Gasteiger partial charge is 0.0656 e. The van der Waals surface area contributed by atoms with E-state index < -0.39 is 0 Å². The van der Waals surface area contributed by atoms with Gasteiger partial charge in [0.1, 0.15) is 0 Å². The first kappa shape index (κ1) is 15.0. The summed E-state index contributed by atoms with van der Waals surface area (Å²) in [4.78, 5) is 2.63. The van der Waals surface area contributed by atoms with Gasteiger partial charge in [-0.3, -0.25) is 0 Å². The summed E-state index contributed by atoms with van der Waals surface area (Å²) >= 11 is 4.22. The Balaban J connectivity index is 2.37. The van der Waals surface area contributed by atoms with Gasteiger partial charge in [-0.15, -0.1) is 11.3 Å². The molecule has 0 fully saturated rings. The van der Waals surface area contributed by atoms with Gasteiger partial charge < -0.3 is 5.73 Å². The average molecular weight is 385 g/mol. The fourth-order valence-electron chi connectivity index (χ4n) is 1.99. The lowest BCUT2D eigenvalue weighted by atomic mass is 9.95. The summed E-state index contributed by atoms with van der Waals surface area (Å²) in [5.74, 6) is 0. The third-order valence-electron chi connectivity index (χ3n) is 3.23. The number of thiophene rings is 1. The Labute approximate surface area is 133 Å². The van der Waals surface area contributed by atoms with E-state index in [1.54, 1.807) is 0 Å². The minimum absolute atomic E-state index is 0.0205. The summed E-state index contributed by atoms with van der Waals surface area (Å²) in [6.45, 7) is 8.85. The first-order valence-corrected chi connectivity index (χ1v) is 8.31. The first-order chi connectivity index (χ1) is 8.80. The van der Waals surface area contributed by atoms with E-state index in [1.807, 2.05) is 11.3 Å². The van der Waals surface area contributed by atoms with Crippen LogP contribution in [-0.4, -0.2) is 0 Å². The largest absolute Gasteiger partial charge is 0.320 e. The van der Waals surface area contributed by atoms with Crippen molar-refractivity contribution in [2.24, 2.45) is 5.73 Å². The molecule has 0 aliphatic heterocycles. The molecule has 0 spiro atoms. The highest BCUT2D eigenvalue weighted by atomic mass is 127. The summed E-state index contributed by atoms with van der Waals surface area (Å²) in [5, 5.41) is 0. The highest BCUT2D eigenvalue weighted by Crippen LogP contribution is 2.35. The number of hydrogen-bond donors (Lipinski definition) is 1. The highest BCUT2D eigenvalue weighted by Gasteiger charge is 2.20. The number of benzene rings is 1. The van der Waals surface area contributed by atoms with Gasteiger partial charge in [0, 0.05) is 13.3 Å². The van der Waals surface area contributed by atoms with E-state index in [0.29, 0.717) is 0 Å². The van der Waals surface area contributed by atoms with E-state index in [4.69, 9.17) is 5.73 Å². The number of nitrogens with two attached hydrogens (primary N) is 1. The van der Waals surface area contributed by atoms with Crippen molar-refractivity contribution in [1.82, 2.24) is 0 Å². The van der Waals surface area contributed by atoms with Gasteiger partial charge in [-0.05, 0) is 58.2 Å². The standard InChI is InChI=1S/C16H20INS/c1-10-6-5-7-11(14(10)17)15(18)12-8-9-13(19-12)16(2,3)4/h5-9,15H,18H2,1-4H3. The minimum Gasteiger partial charge on any atom is -0.320 e. The zero-order valence-electron chi connectivity index (χ0n) is 11.8. The third-order valence-corrected chi connectivity index (χ3v) is 6.30. The fraction of sp³-hybridized carbons (Fsp3) is 0.375. The molecule has 1 atom stereocenters. The lowest BCUT2D eigenvalue weighted by Gasteiger charge is -2.16. The molecule has 0 aliphatic rings. The molecule has 19 heavy (non-hydrogen) atoms. The van der Waals surface area contributed by atoms with E-state index in [1.165, 1.54) is 24.5 Å². The van der Waals surface area contributed by atoms with Crippen LogP contribution in [0.5, 0.6) is 0 Å². The highest BCUT2D eigenvalue weighted by molar-refractivity contribution is 14.1. The average Bonchev–Trinajstić information content (AvgIpc) is 2.81. The molecular formula is C16H20INS. The molecule has 1 nitrogen and oxygen atoms in total. The van der Waals surface area contributed by atoms with Crippen LogP contribution >= 0.6 is 33.9 Å². The Morgan fingerprint density at radius 3 is 2.42 bits per heavy atom. The van der Waals surface area contributed by atoms with Gasteiger partial charge in [0.2, 0.25) is 0 Å². The molecular weight excluding hydrogens is 365 g/mol. The number of rotatable bonds is 2. The van der Waals surface area contributed by atoms with Gasteiger partial charge >= 0.3 is 0 Å². The summed E-state index contributed by atoms with van der Waals surface area (Å²) in [6, 6.07) is 10.7. The maximum atomic E-state index is 6.45. The maximum Gasteiger partial charge on any atom is 0.0656 e. The van der Waals surface area contributed by atoms with Gasteiger partial charge in [0.25, 0.3) is 0 Å². The van der Waals surface area contributed by atoms with Gasteiger partial charge in [-0.1, -0.05) is 39.0 Å². The molecule has 3 heteroatoms. The quantitative estimate of drug-likeness (QED) is 0.723. The summed E-state index contributed by atoms with van der Waals surface area (Å²) in [6.07, 6.45) is 0. The number of aryl methyl sites for hydroxylation is 1. The monoisotopic (exact) mass is 385 g/mol. The molecule has 1 aromatic heterocycles. The van der Waals surface area contributed by atoms with Gasteiger partial charge in [0.15, 0.2) is 0 Å². The van der Waals surface area contributed by atoms with Crippen molar-refractivity contribution in [3.8, 4) is 0 Å². The van der Waals surface area contributed by atoms with Crippen LogP contribution in [0.4, 0.5) is 0 Å². The van der Waals surface area contributed by atoms with E-state index in [0.717, 1.165) is 0 Å². The van der Waals surface area contributed by atoms with Crippen molar-refractivity contribution in [1.29, 1.82) is 0 Å². The van der Waals surface area contributed by atoms with Gasteiger partial charge in [-0.2, -0.15) is 0 Å². The zero-order chi connectivity index (χ0) is 14.2. The minimum atomic E-state index is -0.0205. The molecule has 0 bridgehead atoms. The van der Waals surface area contributed by atoms with Crippen LogP contribution in [0.25, 0.3) is 0 Å². The molecule has 0 radical (unpaired) electrons. The molecule has 2 N–H and O–H groups in total. The maximum absolute atomic E-state index is 6.45. The Morgan fingerprint density at radius 1 is 1.16 bits per heavy atom. The molecule has 1 heterocycles. The topological polar surface area (TPSA) is 26.0 Å². The van der Waals surface area contributed by atoms with Crippen LogP contribution in [-0.2, 0) is 5.41 Å².